The molecule has 5 heteroatoms. The van der Waals surface area contributed by atoms with Crippen LogP contribution >= 0.6 is 7.94 Å². The molecule has 2 aromatic carbocycles. The third-order valence-corrected chi connectivity index (χ3v) is 8.57. The van der Waals surface area contributed by atoms with E-state index in [1.807, 2.05) is 44.2 Å². The quantitative estimate of drug-likeness (QED) is 0.140. The fraction of sp³-hybridized carbons (Fsp3) is 0.600. The van der Waals surface area contributed by atoms with Gasteiger partial charge in [0.25, 0.3) is 0 Å². The van der Waals surface area contributed by atoms with E-state index in [4.69, 9.17) is 4.52 Å². The van der Waals surface area contributed by atoms with Crippen LogP contribution in [0.3, 0.4) is 0 Å². The van der Waals surface area contributed by atoms with Crippen molar-refractivity contribution in [2.45, 2.75) is 110 Å². The first-order valence-corrected chi connectivity index (χ1v) is 15.8. The third kappa shape index (κ3) is 10.5. The van der Waals surface area contributed by atoms with Crippen LogP contribution in [0.15, 0.2) is 48.5 Å². The van der Waals surface area contributed by atoms with Crippen molar-refractivity contribution < 1.29 is 19.4 Å². The Morgan fingerprint density at radius 1 is 0.657 bits per heavy atom. The van der Waals surface area contributed by atoms with Crippen molar-refractivity contribution in [2.24, 2.45) is 0 Å². The van der Waals surface area contributed by atoms with E-state index in [2.05, 4.69) is 6.92 Å². The zero-order valence-electron chi connectivity index (χ0n) is 22.3. The molecule has 0 heterocycles. The number of rotatable bonds is 18. The van der Waals surface area contributed by atoms with Gasteiger partial charge in [-0.2, -0.15) is 0 Å². The van der Waals surface area contributed by atoms with Crippen LogP contribution in [0.2, 0.25) is 0 Å². The molecule has 2 rings (SSSR count). The molecule has 0 amide bonds. The monoisotopic (exact) mass is 504 g/mol. The zero-order valence-corrected chi connectivity index (χ0v) is 23.3. The Bertz CT molecular complexity index is 850. The maximum atomic E-state index is 10.7. The molecule has 35 heavy (non-hydrogen) atoms. The van der Waals surface area contributed by atoms with Crippen LogP contribution in [-0.2, 0) is 5.41 Å². The molecule has 0 unspecified atom stereocenters. The SMILES string of the molecule is CCCCCCCCCCCCCCC[PH](O)(O)Oc1ccccc1C(C)(C)c1ccccc1O. The van der Waals surface area contributed by atoms with E-state index in [1.165, 1.54) is 64.2 Å². The van der Waals surface area contributed by atoms with Crippen LogP contribution < -0.4 is 4.52 Å². The van der Waals surface area contributed by atoms with Crippen LogP contribution in [0, 0.1) is 0 Å². The molecule has 2 aromatic rings. The number of phenols is 1. The summed E-state index contributed by atoms with van der Waals surface area (Å²) in [6.45, 7) is 6.28. The van der Waals surface area contributed by atoms with Crippen molar-refractivity contribution in [3.05, 3.63) is 59.7 Å². The van der Waals surface area contributed by atoms with Gasteiger partial charge in [-0.05, 0) is 0 Å². The van der Waals surface area contributed by atoms with E-state index in [0.29, 0.717) is 11.9 Å². The minimum absolute atomic E-state index is 0.218. The van der Waals surface area contributed by atoms with Crippen LogP contribution in [-0.4, -0.2) is 21.1 Å². The molecule has 0 aromatic heterocycles. The topological polar surface area (TPSA) is 69.9 Å². The molecule has 4 nitrogen and oxygen atoms in total. The van der Waals surface area contributed by atoms with Crippen LogP contribution in [0.4, 0.5) is 0 Å². The fourth-order valence-electron chi connectivity index (χ4n) is 4.82. The zero-order chi connectivity index (χ0) is 25.6. The summed E-state index contributed by atoms with van der Waals surface area (Å²) < 4.78 is 5.86. The number of aromatic hydroxyl groups is 1. The van der Waals surface area contributed by atoms with Gasteiger partial charge in [0.1, 0.15) is 0 Å². The van der Waals surface area contributed by atoms with Gasteiger partial charge in [-0.25, -0.2) is 0 Å². The predicted octanol–water partition coefficient (Wildman–Crippen LogP) is 8.67. The summed E-state index contributed by atoms with van der Waals surface area (Å²) in [6.07, 6.45) is 16.6. The van der Waals surface area contributed by atoms with Gasteiger partial charge in [0, 0.05) is 0 Å². The molecule has 0 saturated carbocycles. The van der Waals surface area contributed by atoms with E-state index in [1.54, 1.807) is 18.2 Å². The molecule has 0 fully saturated rings. The summed E-state index contributed by atoms with van der Waals surface area (Å²) in [5, 5.41) is 10.4. The Labute approximate surface area is 214 Å². The van der Waals surface area contributed by atoms with E-state index in [0.717, 1.165) is 30.4 Å². The summed E-state index contributed by atoms with van der Waals surface area (Å²) in [7, 11) is -3.83. The second kappa shape index (κ2) is 15.5. The normalized spacial score (nSPS) is 12.6. The predicted molar refractivity (Wildman–Crippen MR) is 151 cm³/mol. The Kier molecular flexibility index (Phi) is 13.1. The number of hydrogen-bond acceptors (Lipinski definition) is 4. The van der Waals surface area contributed by atoms with Crippen molar-refractivity contribution in [1.82, 2.24) is 0 Å². The molecule has 0 spiro atoms. The summed E-state index contributed by atoms with van der Waals surface area (Å²) in [5.74, 6) is 0.697. The first-order valence-electron chi connectivity index (χ1n) is 13.8. The van der Waals surface area contributed by atoms with Crippen molar-refractivity contribution in [1.29, 1.82) is 0 Å². The first kappa shape index (κ1) is 29.6. The Balaban J connectivity index is 1.74. The van der Waals surface area contributed by atoms with E-state index >= 15 is 0 Å². The average Bonchev–Trinajstić information content (AvgIpc) is 2.82. The van der Waals surface area contributed by atoms with E-state index in [-0.39, 0.29) is 5.75 Å². The molecule has 0 atom stereocenters. The Morgan fingerprint density at radius 2 is 1.11 bits per heavy atom. The third-order valence-electron chi connectivity index (χ3n) is 7.02. The number of para-hydroxylation sites is 2. The number of benzene rings is 2. The first-order chi connectivity index (χ1) is 16.8. The van der Waals surface area contributed by atoms with Gasteiger partial charge in [0.05, 0.1) is 0 Å². The summed E-state index contributed by atoms with van der Waals surface area (Å²) in [4.78, 5) is 21.4. The van der Waals surface area contributed by atoms with Gasteiger partial charge in [-0.15, -0.1) is 0 Å². The van der Waals surface area contributed by atoms with Gasteiger partial charge in [-0.1, -0.05) is 19.8 Å². The Morgan fingerprint density at radius 3 is 1.66 bits per heavy atom. The van der Waals surface area contributed by atoms with Gasteiger partial charge in [0.15, 0.2) is 0 Å². The van der Waals surface area contributed by atoms with Crippen molar-refractivity contribution in [2.75, 3.05) is 6.16 Å². The van der Waals surface area contributed by atoms with Crippen LogP contribution in [0.25, 0.3) is 0 Å². The van der Waals surface area contributed by atoms with Gasteiger partial charge >= 0.3 is 195 Å². The van der Waals surface area contributed by atoms with Crippen LogP contribution in [0.5, 0.6) is 11.5 Å². The van der Waals surface area contributed by atoms with Crippen molar-refractivity contribution >= 4 is 7.94 Å². The van der Waals surface area contributed by atoms with Gasteiger partial charge in [-0.3, -0.25) is 0 Å². The molecule has 3 N–H and O–H groups in total. The van der Waals surface area contributed by atoms with Gasteiger partial charge < -0.3 is 0 Å². The van der Waals surface area contributed by atoms with E-state index in [9.17, 15) is 14.9 Å². The second-order valence-corrected chi connectivity index (χ2v) is 12.7. The minimum atomic E-state index is -3.83. The molecule has 0 aliphatic rings. The second-order valence-electron chi connectivity index (χ2n) is 10.5. The average molecular weight is 505 g/mol. The standard InChI is InChI=1S/C30H49O4P/c1-4-5-6-7-8-9-10-11-12-13-14-15-20-25-35(32,33)34-29-24-19-17-22-27(29)30(2,3)26-21-16-18-23-28(26)31/h16-19,21-24,31-33,35H,4-15,20,25H2,1-3H3. The molecule has 0 radical (unpaired) electrons. The molecular weight excluding hydrogens is 455 g/mol. The Hall–Kier alpha value is -1.61. The molecular formula is C30H49O4P. The van der Waals surface area contributed by atoms with Crippen molar-refractivity contribution in [3.8, 4) is 11.5 Å². The molecule has 0 aliphatic heterocycles. The maximum absolute atomic E-state index is 10.7. The fourth-order valence-corrected chi connectivity index (χ4v) is 6.16. The number of phenolic OH excluding ortho intramolecular Hbond substituents is 1. The molecule has 0 saturated heterocycles. The van der Waals surface area contributed by atoms with Gasteiger partial charge in [0.2, 0.25) is 0 Å². The molecule has 0 bridgehead atoms. The van der Waals surface area contributed by atoms with Crippen LogP contribution in [0.1, 0.15) is 115 Å². The molecule has 0 aliphatic carbocycles. The number of unbranched alkanes of at least 4 members (excludes halogenated alkanes) is 12. The van der Waals surface area contributed by atoms with Crippen molar-refractivity contribution in [3.63, 3.8) is 0 Å². The number of hydrogen-bond donors (Lipinski definition) is 3. The summed E-state index contributed by atoms with van der Waals surface area (Å²) in [6, 6.07) is 14.7. The summed E-state index contributed by atoms with van der Waals surface area (Å²) in [5.41, 5.74) is 1.05. The molecule has 198 valence electrons. The van der Waals surface area contributed by atoms with E-state index < -0.39 is 13.4 Å². The summed E-state index contributed by atoms with van der Waals surface area (Å²) >= 11 is 0.